The van der Waals surface area contributed by atoms with Crippen molar-refractivity contribution in [3.63, 3.8) is 0 Å². The summed E-state index contributed by atoms with van der Waals surface area (Å²) in [6.45, 7) is 0. The predicted molar refractivity (Wildman–Crippen MR) is 48.1 cm³/mol. The van der Waals surface area contributed by atoms with Crippen LogP contribution in [0.15, 0.2) is 11.6 Å². The SMILES string of the molecule is O=C(Cl)C1=CCCC(C(O)Cl)C1. The third kappa shape index (κ3) is 2.47. The van der Waals surface area contributed by atoms with Crippen LogP contribution in [0.3, 0.4) is 0 Å². The molecule has 1 N–H and O–H groups in total. The second kappa shape index (κ2) is 4.26. The van der Waals surface area contributed by atoms with E-state index in [1.165, 1.54) is 0 Å². The fraction of sp³-hybridized carbons (Fsp3) is 0.625. The predicted octanol–water partition coefficient (Wildman–Crippen LogP) is 2.04. The molecule has 0 saturated heterocycles. The second-order valence-electron chi connectivity index (χ2n) is 2.92. The van der Waals surface area contributed by atoms with Crippen molar-refractivity contribution in [2.24, 2.45) is 5.92 Å². The van der Waals surface area contributed by atoms with Crippen LogP contribution in [0.5, 0.6) is 0 Å². The van der Waals surface area contributed by atoms with E-state index >= 15 is 0 Å². The summed E-state index contributed by atoms with van der Waals surface area (Å²) in [5.74, 6) is -0.0330. The number of carbonyl (C=O) groups is 1. The van der Waals surface area contributed by atoms with E-state index in [-0.39, 0.29) is 5.92 Å². The molecule has 0 saturated carbocycles. The van der Waals surface area contributed by atoms with Gasteiger partial charge in [-0.1, -0.05) is 17.7 Å². The molecule has 12 heavy (non-hydrogen) atoms. The van der Waals surface area contributed by atoms with Crippen LogP contribution in [0.2, 0.25) is 0 Å². The summed E-state index contributed by atoms with van der Waals surface area (Å²) < 4.78 is 0. The lowest BCUT2D eigenvalue weighted by molar-refractivity contribution is -0.108. The first kappa shape index (κ1) is 10.0. The van der Waals surface area contributed by atoms with Gasteiger partial charge >= 0.3 is 0 Å². The first-order chi connectivity index (χ1) is 5.61. The molecule has 0 spiro atoms. The smallest absolute Gasteiger partial charge is 0.248 e. The summed E-state index contributed by atoms with van der Waals surface area (Å²) in [5, 5.41) is 8.63. The van der Waals surface area contributed by atoms with Crippen molar-refractivity contribution in [3.8, 4) is 0 Å². The topological polar surface area (TPSA) is 37.3 Å². The third-order valence-corrected chi connectivity index (χ3v) is 2.65. The van der Waals surface area contributed by atoms with Crippen LogP contribution in [-0.4, -0.2) is 15.9 Å². The van der Waals surface area contributed by atoms with E-state index in [1.807, 2.05) is 6.08 Å². The molecule has 0 bridgehead atoms. The molecule has 0 fully saturated rings. The van der Waals surface area contributed by atoms with Crippen LogP contribution in [0.25, 0.3) is 0 Å². The van der Waals surface area contributed by atoms with Gasteiger partial charge in [0.1, 0.15) is 5.56 Å². The molecule has 4 heteroatoms. The Morgan fingerprint density at radius 3 is 2.92 bits per heavy atom. The van der Waals surface area contributed by atoms with E-state index in [0.717, 1.165) is 12.8 Å². The quantitative estimate of drug-likeness (QED) is 0.558. The third-order valence-electron chi connectivity index (χ3n) is 2.05. The molecule has 0 heterocycles. The Morgan fingerprint density at radius 1 is 1.75 bits per heavy atom. The zero-order chi connectivity index (χ0) is 9.14. The van der Waals surface area contributed by atoms with Gasteiger partial charge in [-0.15, -0.1) is 0 Å². The van der Waals surface area contributed by atoms with Crippen molar-refractivity contribution in [1.29, 1.82) is 0 Å². The van der Waals surface area contributed by atoms with Gasteiger partial charge in [0, 0.05) is 11.5 Å². The van der Waals surface area contributed by atoms with Gasteiger partial charge < -0.3 is 5.11 Å². The largest absolute Gasteiger partial charge is 0.377 e. The average Bonchev–Trinajstić information content (AvgIpc) is 2.04. The van der Waals surface area contributed by atoms with Crippen LogP contribution < -0.4 is 0 Å². The van der Waals surface area contributed by atoms with Gasteiger partial charge in [-0.2, -0.15) is 0 Å². The van der Waals surface area contributed by atoms with Crippen molar-refractivity contribution in [3.05, 3.63) is 11.6 Å². The minimum absolute atomic E-state index is 0.0330. The number of hydrogen-bond donors (Lipinski definition) is 1. The van der Waals surface area contributed by atoms with E-state index in [1.54, 1.807) is 0 Å². The Morgan fingerprint density at radius 2 is 2.42 bits per heavy atom. The van der Waals surface area contributed by atoms with Crippen LogP contribution in [0.1, 0.15) is 19.3 Å². The molecule has 0 radical (unpaired) electrons. The molecule has 1 rings (SSSR count). The molecule has 1 aliphatic carbocycles. The van der Waals surface area contributed by atoms with Crippen LogP contribution in [-0.2, 0) is 4.79 Å². The van der Waals surface area contributed by atoms with Crippen LogP contribution >= 0.6 is 23.2 Å². The molecule has 0 aliphatic heterocycles. The molecular weight excluding hydrogens is 199 g/mol. The highest BCUT2D eigenvalue weighted by molar-refractivity contribution is 6.67. The standard InChI is InChI=1S/C8H10Cl2O2/c9-7(11)5-2-1-3-6(4-5)8(10)12/h2,6,8,12H,1,3-4H2. The number of aliphatic hydroxyl groups excluding tert-OH is 1. The van der Waals surface area contributed by atoms with E-state index in [0.29, 0.717) is 12.0 Å². The molecule has 0 aromatic carbocycles. The summed E-state index contributed by atoms with van der Waals surface area (Å²) in [6.07, 6.45) is 3.89. The highest BCUT2D eigenvalue weighted by Gasteiger charge is 2.23. The minimum atomic E-state index is -0.871. The van der Waals surface area contributed by atoms with Gasteiger partial charge in [0.05, 0.1) is 0 Å². The van der Waals surface area contributed by atoms with E-state index in [9.17, 15) is 4.79 Å². The summed E-state index contributed by atoms with van der Waals surface area (Å²) >= 11 is 10.8. The number of aliphatic hydroxyl groups is 1. The second-order valence-corrected chi connectivity index (χ2v) is 3.71. The number of carbonyl (C=O) groups excluding carboxylic acids is 1. The Kier molecular flexibility index (Phi) is 3.56. The zero-order valence-corrected chi connectivity index (χ0v) is 7.98. The number of hydrogen-bond acceptors (Lipinski definition) is 2. The van der Waals surface area contributed by atoms with Crippen molar-refractivity contribution in [2.75, 3.05) is 0 Å². The van der Waals surface area contributed by atoms with Crippen molar-refractivity contribution in [2.45, 2.75) is 24.8 Å². The lowest BCUT2D eigenvalue weighted by Crippen LogP contribution is -2.19. The highest BCUT2D eigenvalue weighted by Crippen LogP contribution is 2.29. The summed E-state index contributed by atoms with van der Waals surface area (Å²) in [6, 6.07) is 0. The van der Waals surface area contributed by atoms with E-state index in [2.05, 4.69) is 0 Å². The summed E-state index contributed by atoms with van der Waals surface area (Å²) in [4.78, 5) is 10.7. The molecular formula is C8H10Cl2O2. The molecule has 0 amide bonds. The molecule has 1 aliphatic rings. The highest BCUT2D eigenvalue weighted by atomic mass is 35.5. The molecule has 0 aromatic heterocycles. The Hall–Kier alpha value is -0.0500. The monoisotopic (exact) mass is 208 g/mol. The maximum Gasteiger partial charge on any atom is 0.248 e. The number of halogens is 2. The first-order valence-electron chi connectivity index (χ1n) is 3.82. The van der Waals surface area contributed by atoms with Gasteiger partial charge in [-0.05, 0) is 30.9 Å². The summed E-state index contributed by atoms with van der Waals surface area (Å²) in [5.41, 5.74) is -0.294. The fourth-order valence-corrected chi connectivity index (χ4v) is 1.70. The molecule has 68 valence electrons. The minimum Gasteiger partial charge on any atom is -0.377 e. The Labute approximate surface area is 81.2 Å². The maximum atomic E-state index is 10.7. The first-order valence-corrected chi connectivity index (χ1v) is 4.63. The molecule has 2 atom stereocenters. The van der Waals surface area contributed by atoms with Crippen LogP contribution in [0.4, 0.5) is 0 Å². The number of allylic oxidation sites excluding steroid dienone is 2. The van der Waals surface area contributed by atoms with Gasteiger partial charge in [0.15, 0.2) is 0 Å². The van der Waals surface area contributed by atoms with Gasteiger partial charge in [-0.25, -0.2) is 0 Å². The Balaban J connectivity index is 2.59. The number of alkyl halides is 1. The van der Waals surface area contributed by atoms with Crippen molar-refractivity contribution >= 4 is 28.4 Å². The van der Waals surface area contributed by atoms with Gasteiger partial charge in [0.25, 0.3) is 0 Å². The molecule has 0 aromatic rings. The Bertz CT molecular complexity index is 211. The zero-order valence-electron chi connectivity index (χ0n) is 6.46. The van der Waals surface area contributed by atoms with Crippen molar-refractivity contribution in [1.82, 2.24) is 0 Å². The number of rotatable bonds is 2. The lowest BCUT2D eigenvalue weighted by atomic mass is 9.90. The maximum absolute atomic E-state index is 10.7. The molecule has 2 unspecified atom stereocenters. The van der Waals surface area contributed by atoms with Crippen molar-refractivity contribution < 1.29 is 9.90 Å². The lowest BCUT2D eigenvalue weighted by Gasteiger charge is -2.21. The molecule has 2 nitrogen and oxygen atoms in total. The summed E-state index contributed by atoms with van der Waals surface area (Å²) in [7, 11) is 0. The average molecular weight is 209 g/mol. The van der Waals surface area contributed by atoms with Crippen LogP contribution in [0, 0.1) is 5.92 Å². The normalized spacial score (nSPS) is 26.2. The van der Waals surface area contributed by atoms with E-state index < -0.39 is 10.8 Å². The van der Waals surface area contributed by atoms with E-state index in [4.69, 9.17) is 28.3 Å². The van der Waals surface area contributed by atoms with Gasteiger partial charge in [0.2, 0.25) is 5.24 Å². The fourth-order valence-electron chi connectivity index (χ4n) is 1.33. The van der Waals surface area contributed by atoms with Gasteiger partial charge in [-0.3, -0.25) is 4.79 Å².